The Morgan fingerprint density at radius 2 is 1.56 bits per heavy atom. The van der Waals surface area contributed by atoms with E-state index in [0.717, 1.165) is 0 Å². The van der Waals surface area contributed by atoms with Crippen LogP contribution in [0.1, 0.15) is 15.9 Å². The molecule has 8 heteroatoms. The molecule has 0 unspecified atom stereocenters. The molecular weight excluding hydrogens is 372 g/mol. The number of carbonyl (C=O) groups is 2. The highest BCUT2D eigenvalue weighted by molar-refractivity contribution is 6.33. The molecule has 0 radical (unpaired) electrons. The summed E-state index contributed by atoms with van der Waals surface area (Å²) in [6.45, 7) is 0. The lowest BCUT2D eigenvalue weighted by Gasteiger charge is -2.12. The summed E-state index contributed by atoms with van der Waals surface area (Å²) in [4.78, 5) is 24.0. The Morgan fingerprint density at radius 3 is 2.19 bits per heavy atom. The molecule has 0 aliphatic rings. The topological polar surface area (TPSA) is 85.9 Å². The highest BCUT2D eigenvalue weighted by atomic mass is 35.5. The lowest BCUT2D eigenvalue weighted by Crippen LogP contribution is -2.40. The van der Waals surface area contributed by atoms with Gasteiger partial charge in [-0.05, 0) is 24.3 Å². The second-order valence-electron chi connectivity index (χ2n) is 5.21. The van der Waals surface area contributed by atoms with Crippen LogP contribution in [0.2, 0.25) is 5.02 Å². The van der Waals surface area contributed by atoms with E-state index >= 15 is 0 Å². The summed E-state index contributed by atoms with van der Waals surface area (Å²) in [6, 6.07) is 9.83. The first-order valence-corrected chi connectivity index (χ1v) is 8.21. The van der Waals surface area contributed by atoms with Crippen LogP contribution < -0.4 is 25.1 Å². The van der Waals surface area contributed by atoms with Gasteiger partial charge in [-0.3, -0.25) is 20.4 Å². The minimum absolute atomic E-state index is 0.255. The Kier molecular flexibility index (Phi) is 7.08. The number of hydrazine groups is 1. The number of carbonyl (C=O) groups excluding carboxylic acids is 2. The third-order valence-corrected chi connectivity index (χ3v) is 3.90. The molecule has 2 rings (SSSR count). The average molecular weight is 391 g/mol. The van der Waals surface area contributed by atoms with Crippen LogP contribution in [0.4, 0.5) is 0 Å². The van der Waals surface area contributed by atoms with Gasteiger partial charge in [0, 0.05) is 17.7 Å². The number of methoxy groups -OCH3 is 3. The summed E-state index contributed by atoms with van der Waals surface area (Å²) in [5.41, 5.74) is 5.44. The number of halogens is 1. The van der Waals surface area contributed by atoms with Gasteiger partial charge in [-0.2, -0.15) is 0 Å². The van der Waals surface area contributed by atoms with Crippen molar-refractivity contribution in [2.75, 3.05) is 21.3 Å². The zero-order chi connectivity index (χ0) is 19.8. The van der Waals surface area contributed by atoms with Gasteiger partial charge in [-0.1, -0.05) is 23.7 Å². The highest BCUT2D eigenvalue weighted by Gasteiger charge is 2.11. The van der Waals surface area contributed by atoms with E-state index in [2.05, 4.69) is 10.9 Å². The molecule has 0 spiro atoms. The van der Waals surface area contributed by atoms with Gasteiger partial charge >= 0.3 is 0 Å². The van der Waals surface area contributed by atoms with Crippen LogP contribution >= 0.6 is 11.6 Å². The summed E-state index contributed by atoms with van der Waals surface area (Å²) >= 11 is 5.94. The van der Waals surface area contributed by atoms with Gasteiger partial charge in [0.1, 0.15) is 5.75 Å². The molecule has 0 atom stereocenters. The Balaban J connectivity index is 2.06. The molecule has 0 heterocycles. The Morgan fingerprint density at radius 1 is 0.926 bits per heavy atom. The molecule has 0 fully saturated rings. The van der Waals surface area contributed by atoms with Crippen molar-refractivity contribution < 1.29 is 23.8 Å². The van der Waals surface area contributed by atoms with E-state index in [1.807, 2.05) is 0 Å². The second-order valence-corrected chi connectivity index (χ2v) is 5.61. The van der Waals surface area contributed by atoms with Gasteiger partial charge < -0.3 is 14.2 Å². The molecule has 0 saturated carbocycles. The van der Waals surface area contributed by atoms with Crippen LogP contribution in [0.3, 0.4) is 0 Å². The summed E-state index contributed by atoms with van der Waals surface area (Å²) in [5.74, 6) is 0.434. The minimum Gasteiger partial charge on any atom is -0.496 e. The van der Waals surface area contributed by atoms with Crippen LogP contribution in [0, 0.1) is 0 Å². The third-order valence-electron chi connectivity index (χ3n) is 3.57. The number of benzene rings is 2. The first-order valence-electron chi connectivity index (χ1n) is 7.83. The molecule has 142 valence electrons. The van der Waals surface area contributed by atoms with Gasteiger partial charge in [0.05, 0.1) is 31.9 Å². The van der Waals surface area contributed by atoms with Crippen molar-refractivity contribution in [3.8, 4) is 17.2 Å². The van der Waals surface area contributed by atoms with Crippen molar-refractivity contribution in [1.29, 1.82) is 0 Å². The SMILES string of the molecule is COc1cc(OC)c(OC)cc1/C=C/C(=O)NNC(=O)c1ccccc1Cl. The van der Waals surface area contributed by atoms with Gasteiger partial charge in [0.25, 0.3) is 11.8 Å². The first kappa shape index (κ1) is 20.1. The number of hydrogen-bond acceptors (Lipinski definition) is 5. The van der Waals surface area contributed by atoms with Crippen molar-refractivity contribution in [3.05, 3.63) is 58.6 Å². The average Bonchev–Trinajstić information content (AvgIpc) is 2.69. The minimum atomic E-state index is -0.535. The van der Waals surface area contributed by atoms with E-state index in [1.165, 1.54) is 33.5 Å². The van der Waals surface area contributed by atoms with E-state index in [-0.39, 0.29) is 10.6 Å². The largest absolute Gasteiger partial charge is 0.496 e. The van der Waals surface area contributed by atoms with E-state index in [0.29, 0.717) is 22.8 Å². The third kappa shape index (κ3) is 5.15. The fourth-order valence-corrected chi connectivity index (χ4v) is 2.44. The fraction of sp³-hybridized carbons (Fsp3) is 0.158. The zero-order valence-electron chi connectivity index (χ0n) is 15.0. The molecule has 2 amide bonds. The molecule has 0 aliphatic carbocycles. The molecular formula is C19H19ClN2O5. The number of hydrogen-bond donors (Lipinski definition) is 2. The Labute approximate surface area is 161 Å². The summed E-state index contributed by atoms with van der Waals surface area (Å²) in [5, 5.41) is 0.287. The van der Waals surface area contributed by atoms with Crippen molar-refractivity contribution in [2.45, 2.75) is 0 Å². The highest BCUT2D eigenvalue weighted by Crippen LogP contribution is 2.35. The standard InChI is InChI=1S/C19H19ClN2O5/c1-25-15-11-17(27-3)16(26-2)10-12(15)8-9-18(23)21-22-19(24)13-6-4-5-7-14(13)20/h4-11H,1-3H3,(H,21,23)(H,22,24)/b9-8+. The number of amides is 2. The quantitative estimate of drug-likeness (QED) is 0.585. The summed E-state index contributed by atoms with van der Waals surface area (Å²) in [6.07, 6.45) is 2.77. The molecule has 2 aromatic carbocycles. The maximum Gasteiger partial charge on any atom is 0.271 e. The lowest BCUT2D eigenvalue weighted by atomic mass is 10.1. The molecule has 0 aromatic heterocycles. The van der Waals surface area contributed by atoms with E-state index < -0.39 is 11.8 Å². The fourth-order valence-electron chi connectivity index (χ4n) is 2.22. The van der Waals surface area contributed by atoms with Crippen LogP contribution in [0.5, 0.6) is 17.2 Å². The summed E-state index contributed by atoms with van der Waals surface area (Å²) < 4.78 is 15.7. The monoisotopic (exact) mass is 390 g/mol. The molecule has 2 aromatic rings. The number of nitrogens with one attached hydrogen (secondary N) is 2. The number of rotatable bonds is 6. The predicted octanol–water partition coefficient (Wildman–Crippen LogP) is 2.84. The Bertz CT molecular complexity index is 867. The molecule has 2 N–H and O–H groups in total. The number of ether oxygens (including phenoxy) is 3. The molecule has 27 heavy (non-hydrogen) atoms. The van der Waals surface area contributed by atoms with Crippen molar-refractivity contribution >= 4 is 29.5 Å². The second kappa shape index (κ2) is 9.49. The van der Waals surface area contributed by atoms with Crippen LogP contribution in [-0.4, -0.2) is 33.1 Å². The zero-order valence-corrected chi connectivity index (χ0v) is 15.8. The maximum atomic E-state index is 12.0. The maximum absolute atomic E-state index is 12.0. The molecule has 0 saturated heterocycles. The molecule has 0 aliphatic heterocycles. The Hall–Kier alpha value is -3.19. The molecule has 0 bridgehead atoms. The predicted molar refractivity (Wildman–Crippen MR) is 102 cm³/mol. The van der Waals surface area contributed by atoms with E-state index in [9.17, 15) is 9.59 Å². The van der Waals surface area contributed by atoms with E-state index in [4.69, 9.17) is 25.8 Å². The molecule has 7 nitrogen and oxygen atoms in total. The van der Waals surface area contributed by atoms with Gasteiger partial charge in [0.2, 0.25) is 0 Å². The van der Waals surface area contributed by atoms with Gasteiger partial charge in [-0.15, -0.1) is 0 Å². The van der Waals surface area contributed by atoms with Crippen LogP contribution in [-0.2, 0) is 4.79 Å². The van der Waals surface area contributed by atoms with Gasteiger partial charge in [-0.25, -0.2) is 0 Å². The van der Waals surface area contributed by atoms with Crippen LogP contribution in [0.25, 0.3) is 6.08 Å². The lowest BCUT2D eigenvalue weighted by molar-refractivity contribution is -0.117. The summed E-state index contributed by atoms with van der Waals surface area (Å²) in [7, 11) is 4.53. The normalized spacial score (nSPS) is 10.4. The smallest absolute Gasteiger partial charge is 0.271 e. The van der Waals surface area contributed by atoms with E-state index in [1.54, 1.807) is 36.4 Å². The van der Waals surface area contributed by atoms with Crippen LogP contribution in [0.15, 0.2) is 42.5 Å². The van der Waals surface area contributed by atoms with Crippen molar-refractivity contribution in [1.82, 2.24) is 10.9 Å². The van der Waals surface area contributed by atoms with Gasteiger partial charge in [0.15, 0.2) is 11.5 Å². The first-order chi connectivity index (χ1) is 13.0. The van der Waals surface area contributed by atoms with Crippen molar-refractivity contribution in [3.63, 3.8) is 0 Å². The van der Waals surface area contributed by atoms with Crippen molar-refractivity contribution in [2.24, 2.45) is 0 Å².